The molecule has 0 spiro atoms. The first-order chi connectivity index (χ1) is 18.3. The molecule has 38 heavy (non-hydrogen) atoms. The summed E-state index contributed by atoms with van der Waals surface area (Å²) >= 11 is 0. The van der Waals surface area contributed by atoms with Gasteiger partial charge in [0.2, 0.25) is 0 Å². The van der Waals surface area contributed by atoms with Crippen LogP contribution in [0.4, 0.5) is 0 Å². The van der Waals surface area contributed by atoms with Crippen LogP contribution < -0.4 is 0 Å². The summed E-state index contributed by atoms with van der Waals surface area (Å²) in [6.07, 6.45) is 4.39. The van der Waals surface area contributed by atoms with Crippen molar-refractivity contribution in [2.75, 3.05) is 72.7 Å². The number of ether oxygens (including phenoxy) is 7. The van der Waals surface area contributed by atoms with Crippen LogP contribution >= 0.6 is 0 Å². The number of carbonyl (C=O) groups excluding carboxylic acids is 3. The van der Waals surface area contributed by atoms with Gasteiger partial charge in [-0.15, -0.1) is 0 Å². The summed E-state index contributed by atoms with van der Waals surface area (Å²) in [4.78, 5) is 44.3. The topological polar surface area (TPSA) is 153 Å². The number of esters is 3. The molecule has 0 aromatic carbocycles. The van der Waals surface area contributed by atoms with E-state index in [1.165, 1.54) is 0 Å². The Morgan fingerprint density at radius 2 is 0.868 bits per heavy atom. The molecule has 0 aliphatic heterocycles. The number of aliphatic carboxylic acids is 1. The third-order valence-corrected chi connectivity index (χ3v) is 4.63. The standard InChI is InChI=1S/C26H40O12/c1-4-23(29)36-14-7-11-32-18-26(21-35-17-10-22(27)28,19-33-12-8-15-37-24(30)5-2)20-34-13-9-16-38-25(31)6-3/h4-6H,1-3,7-21H2,(H,27,28). The number of carboxylic acid groups (broad SMARTS) is 1. The summed E-state index contributed by atoms with van der Waals surface area (Å²) in [5.74, 6) is -2.56. The summed E-state index contributed by atoms with van der Waals surface area (Å²) in [6.45, 7) is 11.8. The molecule has 0 aliphatic carbocycles. The van der Waals surface area contributed by atoms with E-state index in [1.807, 2.05) is 0 Å². The van der Waals surface area contributed by atoms with Crippen LogP contribution in [-0.2, 0) is 52.3 Å². The molecule has 0 unspecified atom stereocenters. The zero-order valence-corrected chi connectivity index (χ0v) is 21.9. The van der Waals surface area contributed by atoms with E-state index < -0.39 is 29.3 Å². The average Bonchev–Trinajstić information content (AvgIpc) is 2.91. The molecule has 0 amide bonds. The molecule has 12 heteroatoms. The van der Waals surface area contributed by atoms with Crippen molar-refractivity contribution in [1.82, 2.24) is 0 Å². The highest BCUT2D eigenvalue weighted by Crippen LogP contribution is 2.21. The van der Waals surface area contributed by atoms with Crippen LogP contribution in [0.15, 0.2) is 38.0 Å². The van der Waals surface area contributed by atoms with Gasteiger partial charge in [-0.3, -0.25) is 4.79 Å². The third-order valence-electron chi connectivity index (χ3n) is 4.63. The minimum atomic E-state index is -0.989. The Morgan fingerprint density at radius 1 is 0.553 bits per heavy atom. The highest BCUT2D eigenvalue weighted by atomic mass is 16.5. The monoisotopic (exact) mass is 544 g/mol. The van der Waals surface area contributed by atoms with Crippen molar-refractivity contribution in [1.29, 1.82) is 0 Å². The van der Waals surface area contributed by atoms with E-state index >= 15 is 0 Å². The van der Waals surface area contributed by atoms with E-state index in [0.717, 1.165) is 18.2 Å². The zero-order valence-electron chi connectivity index (χ0n) is 21.9. The number of carboxylic acids is 1. The normalized spacial score (nSPS) is 10.8. The van der Waals surface area contributed by atoms with Gasteiger partial charge < -0.3 is 38.3 Å². The van der Waals surface area contributed by atoms with Gasteiger partial charge in [-0.1, -0.05) is 19.7 Å². The first-order valence-corrected chi connectivity index (χ1v) is 12.2. The minimum Gasteiger partial charge on any atom is -0.481 e. The Morgan fingerprint density at radius 3 is 1.16 bits per heavy atom. The lowest BCUT2D eigenvalue weighted by Crippen LogP contribution is -2.42. The Labute approximate surface area is 223 Å². The highest BCUT2D eigenvalue weighted by molar-refractivity contribution is 5.81. The summed E-state index contributed by atoms with van der Waals surface area (Å²) in [7, 11) is 0. The second-order valence-electron chi connectivity index (χ2n) is 8.03. The van der Waals surface area contributed by atoms with Crippen molar-refractivity contribution < 1.29 is 57.4 Å². The summed E-state index contributed by atoms with van der Waals surface area (Å²) in [5.41, 5.74) is -0.800. The van der Waals surface area contributed by atoms with Gasteiger partial charge in [-0.25, -0.2) is 14.4 Å². The molecular weight excluding hydrogens is 504 g/mol. The minimum absolute atomic E-state index is 0.0103. The van der Waals surface area contributed by atoms with Gasteiger partial charge in [-0.05, 0) is 0 Å². The predicted molar refractivity (Wildman–Crippen MR) is 135 cm³/mol. The summed E-state index contributed by atoms with van der Waals surface area (Å²) < 4.78 is 37.8. The summed E-state index contributed by atoms with van der Waals surface area (Å²) in [5, 5.41) is 8.91. The Balaban J connectivity index is 5.00. The van der Waals surface area contributed by atoms with E-state index in [1.54, 1.807) is 0 Å². The van der Waals surface area contributed by atoms with Crippen molar-refractivity contribution in [3.05, 3.63) is 38.0 Å². The zero-order chi connectivity index (χ0) is 28.5. The van der Waals surface area contributed by atoms with Crippen LogP contribution in [0.1, 0.15) is 25.7 Å². The quantitative estimate of drug-likeness (QED) is 0.0732. The van der Waals surface area contributed by atoms with Gasteiger partial charge in [-0.2, -0.15) is 0 Å². The van der Waals surface area contributed by atoms with E-state index in [9.17, 15) is 19.2 Å². The lowest BCUT2D eigenvalue weighted by molar-refractivity contribution is -0.140. The lowest BCUT2D eigenvalue weighted by atomic mass is 9.92. The van der Waals surface area contributed by atoms with Crippen LogP contribution in [-0.4, -0.2) is 102 Å². The number of hydrogen-bond acceptors (Lipinski definition) is 11. The second-order valence-corrected chi connectivity index (χ2v) is 8.03. The third kappa shape index (κ3) is 20.0. The van der Waals surface area contributed by atoms with Crippen LogP contribution in [0.2, 0.25) is 0 Å². The molecule has 0 saturated carbocycles. The van der Waals surface area contributed by atoms with E-state index in [0.29, 0.717) is 19.3 Å². The molecule has 216 valence electrons. The van der Waals surface area contributed by atoms with E-state index in [-0.39, 0.29) is 79.1 Å². The fourth-order valence-electron chi connectivity index (χ4n) is 2.74. The molecule has 0 saturated heterocycles. The van der Waals surface area contributed by atoms with Crippen molar-refractivity contribution in [3.63, 3.8) is 0 Å². The Kier molecular flexibility index (Phi) is 21.2. The second kappa shape index (κ2) is 23.1. The molecular formula is C26H40O12. The molecule has 0 atom stereocenters. The van der Waals surface area contributed by atoms with Crippen molar-refractivity contribution in [2.24, 2.45) is 5.41 Å². The Hall–Kier alpha value is -3.06. The van der Waals surface area contributed by atoms with Crippen LogP contribution in [0.25, 0.3) is 0 Å². The molecule has 0 rings (SSSR count). The molecule has 0 aromatic rings. The Bertz CT molecular complexity index is 655. The maximum Gasteiger partial charge on any atom is 0.330 e. The van der Waals surface area contributed by atoms with Gasteiger partial charge in [0.15, 0.2) is 0 Å². The maximum atomic E-state index is 11.2. The fraction of sp³-hybridized carbons (Fsp3) is 0.615. The molecule has 1 N–H and O–H groups in total. The van der Waals surface area contributed by atoms with Crippen molar-refractivity contribution in [3.8, 4) is 0 Å². The largest absolute Gasteiger partial charge is 0.481 e. The van der Waals surface area contributed by atoms with Gasteiger partial charge >= 0.3 is 23.9 Å². The lowest BCUT2D eigenvalue weighted by Gasteiger charge is -2.33. The smallest absolute Gasteiger partial charge is 0.330 e. The highest BCUT2D eigenvalue weighted by Gasteiger charge is 2.32. The molecule has 0 heterocycles. The van der Waals surface area contributed by atoms with Gasteiger partial charge in [0.25, 0.3) is 0 Å². The van der Waals surface area contributed by atoms with Gasteiger partial charge in [0.1, 0.15) is 0 Å². The molecule has 12 nitrogen and oxygen atoms in total. The summed E-state index contributed by atoms with van der Waals surface area (Å²) in [6, 6.07) is 0. The van der Waals surface area contributed by atoms with E-state index in [2.05, 4.69) is 19.7 Å². The predicted octanol–water partition coefficient (Wildman–Crippen LogP) is 1.87. The van der Waals surface area contributed by atoms with Gasteiger partial charge in [0.05, 0.1) is 64.7 Å². The first-order valence-electron chi connectivity index (χ1n) is 12.2. The number of hydrogen-bond donors (Lipinski definition) is 1. The average molecular weight is 545 g/mol. The molecule has 0 aliphatic rings. The fourth-order valence-corrected chi connectivity index (χ4v) is 2.74. The van der Waals surface area contributed by atoms with Crippen molar-refractivity contribution >= 4 is 23.9 Å². The van der Waals surface area contributed by atoms with Crippen molar-refractivity contribution in [2.45, 2.75) is 25.7 Å². The van der Waals surface area contributed by atoms with Crippen LogP contribution in [0.3, 0.4) is 0 Å². The van der Waals surface area contributed by atoms with Crippen LogP contribution in [0, 0.1) is 5.41 Å². The van der Waals surface area contributed by atoms with Crippen LogP contribution in [0.5, 0.6) is 0 Å². The maximum absolute atomic E-state index is 11.2. The molecule has 0 aromatic heterocycles. The molecule has 0 bridgehead atoms. The molecule has 0 fully saturated rings. The number of carbonyl (C=O) groups is 4. The molecule has 0 radical (unpaired) electrons. The van der Waals surface area contributed by atoms with Gasteiger partial charge in [0, 0.05) is 57.3 Å². The van der Waals surface area contributed by atoms with E-state index in [4.69, 9.17) is 38.3 Å². The number of rotatable bonds is 26. The first kappa shape index (κ1) is 34.9. The SMILES string of the molecule is C=CC(=O)OCCCOCC(COCCCOC(=O)C=C)(COCCCOC(=O)C=C)COCCC(=O)O.